The molecule has 0 atom stereocenters. The van der Waals surface area contributed by atoms with Crippen molar-refractivity contribution in [2.24, 2.45) is 0 Å². The molecule has 2 aliphatic rings. The van der Waals surface area contributed by atoms with Gasteiger partial charge in [0, 0.05) is 45.0 Å². The van der Waals surface area contributed by atoms with Gasteiger partial charge in [0.1, 0.15) is 0 Å². The van der Waals surface area contributed by atoms with Gasteiger partial charge in [0.15, 0.2) is 0 Å². The van der Waals surface area contributed by atoms with E-state index in [2.05, 4.69) is 395 Å². The monoisotopic (exact) mass is 1280 g/mol. The fraction of sp³-hybridized carbons (Fsp3) is 0.0408. The van der Waals surface area contributed by atoms with Gasteiger partial charge in [-0.1, -0.05) is 336 Å². The van der Waals surface area contributed by atoms with Gasteiger partial charge in [0.2, 0.25) is 0 Å². The zero-order valence-corrected chi connectivity index (χ0v) is 56.6. The molecular weight excluding hydrogens is 1220 g/mol. The lowest BCUT2D eigenvalue weighted by molar-refractivity contribution is 0.590. The summed E-state index contributed by atoms with van der Waals surface area (Å²) in [6.45, 7) is 6.68. The third kappa shape index (κ3) is 10.2. The van der Waals surface area contributed by atoms with E-state index in [1.54, 1.807) is 0 Å². The Morgan fingerprint density at radius 2 is 0.594 bits per heavy atom. The van der Waals surface area contributed by atoms with E-state index in [9.17, 15) is 0 Å². The van der Waals surface area contributed by atoms with Crippen molar-refractivity contribution < 1.29 is 0 Å². The summed E-state index contributed by atoms with van der Waals surface area (Å²) in [7, 11) is 0. The molecule has 17 aromatic rings. The van der Waals surface area contributed by atoms with Gasteiger partial charge in [0.25, 0.3) is 6.71 Å². The Bertz CT molecular complexity index is 5870. The van der Waals surface area contributed by atoms with Gasteiger partial charge in [-0.05, 0) is 186 Å². The average molecular weight is 1290 g/mol. The van der Waals surface area contributed by atoms with Crippen LogP contribution in [0.15, 0.2) is 364 Å². The number of rotatable bonds is 11. The highest BCUT2D eigenvalue weighted by Gasteiger charge is 2.46. The van der Waals surface area contributed by atoms with Crippen LogP contribution >= 0.6 is 0 Å². The molecule has 19 rings (SSSR count). The maximum atomic E-state index is 2.72. The highest BCUT2D eigenvalue weighted by Crippen LogP contribution is 2.56. The maximum absolute atomic E-state index is 2.72. The molecule has 0 bridgehead atoms. The van der Waals surface area contributed by atoms with Crippen LogP contribution in [0.3, 0.4) is 0 Å². The zero-order valence-electron chi connectivity index (χ0n) is 56.6. The van der Waals surface area contributed by atoms with Gasteiger partial charge in [-0.25, -0.2) is 0 Å². The number of hydrogen-bond acceptors (Lipinski definition) is 2. The van der Waals surface area contributed by atoms with E-state index in [1.165, 1.54) is 71.0 Å². The Kier molecular flexibility index (Phi) is 14.3. The zero-order chi connectivity index (χ0) is 67.3. The summed E-state index contributed by atoms with van der Waals surface area (Å²) in [5, 5.41) is 7.61. The first-order chi connectivity index (χ1) is 49.7. The molecule has 3 heteroatoms. The molecule has 0 amide bonds. The first-order valence-electron chi connectivity index (χ1n) is 35.3. The fourth-order valence-corrected chi connectivity index (χ4v) is 16.5. The van der Waals surface area contributed by atoms with Crippen LogP contribution in [0.1, 0.15) is 26.3 Å². The van der Waals surface area contributed by atoms with Crippen LogP contribution in [0.2, 0.25) is 0 Å². The minimum Gasteiger partial charge on any atom is -0.310 e. The largest absolute Gasteiger partial charge is 0.310 e. The Balaban J connectivity index is 0.996. The van der Waals surface area contributed by atoms with Crippen molar-refractivity contribution in [3.63, 3.8) is 0 Å². The second-order valence-electron chi connectivity index (χ2n) is 28.3. The molecule has 2 aliphatic heterocycles. The maximum Gasteiger partial charge on any atom is 0.252 e. The molecule has 0 saturated carbocycles. The van der Waals surface area contributed by atoms with E-state index < -0.39 is 0 Å². The van der Waals surface area contributed by atoms with Crippen LogP contribution in [0.4, 0.5) is 34.1 Å². The molecule has 0 aromatic heterocycles. The Labute approximate surface area is 591 Å². The van der Waals surface area contributed by atoms with Gasteiger partial charge in [-0.3, -0.25) is 0 Å². The molecular formula is C98H69BN2. The lowest BCUT2D eigenvalue weighted by Crippen LogP contribution is -2.61. The first-order valence-corrected chi connectivity index (χ1v) is 35.3. The molecule has 0 saturated heterocycles. The predicted molar refractivity (Wildman–Crippen MR) is 432 cm³/mol. The third-order valence-electron chi connectivity index (χ3n) is 21.3. The molecule has 0 radical (unpaired) electrons. The van der Waals surface area contributed by atoms with Crippen LogP contribution in [0.25, 0.3) is 132 Å². The van der Waals surface area contributed by atoms with Crippen LogP contribution in [0, 0.1) is 0 Å². The molecule has 0 unspecified atom stereocenters. The number of hydrogen-bond donors (Lipinski definition) is 0. The summed E-state index contributed by atoms with van der Waals surface area (Å²) in [5.74, 6) is 0. The highest BCUT2D eigenvalue weighted by molar-refractivity contribution is 7.00. The Morgan fingerprint density at radius 3 is 1.06 bits per heavy atom. The number of fused-ring (bicyclic) bond motifs is 4. The Hall–Kier alpha value is -12.6. The quantitative estimate of drug-likeness (QED) is 0.0941. The van der Waals surface area contributed by atoms with Crippen LogP contribution in [-0.4, -0.2) is 6.71 Å². The summed E-state index contributed by atoms with van der Waals surface area (Å²) < 4.78 is 0. The van der Waals surface area contributed by atoms with Gasteiger partial charge in [0.05, 0.1) is 11.4 Å². The summed E-state index contributed by atoms with van der Waals surface area (Å²) >= 11 is 0. The molecule has 0 fully saturated rings. The highest BCUT2D eigenvalue weighted by atomic mass is 15.2. The van der Waals surface area contributed by atoms with Crippen molar-refractivity contribution >= 4 is 89.5 Å². The summed E-state index contributed by atoms with van der Waals surface area (Å²) in [6.07, 6.45) is 0. The fourth-order valence-electron chi connectivity index (χ4n) is 16.5. The van der Waals surface area contributed by atoms with Crippen LogP contribution in [0.5, 0.6) is 0 Å². The molecule has 0 aliphatic carbocycles. The number of nitrogens with zero attached hydrogens (tertiary/aromatic N) is 2. The van der Waals surface area contributed by atoms with Crippen molar-refractivity contribution in [2.45, 2.75) is 26.2 Å². The lowest BCUT2D eigenvalue weighted by atomic mass is 9.33. The van der Waals surface area contributed by atoms with Crippen molar-refractivity contribution in [1.82, 2.24) is 0 Å². The van der Waals surface area contributed by atoms with Gasteiger partial charge in [-0.2, -0.15) is 0 Å². The van der Waals surface area contributed by atoms with E-state index in [-0.39, 0.29) is 12.1 Å². The van der Waals surface area contributed by atoms with Crippen molar-refractivity contribution in [3.8, 4) is 100 Å². The summed E-state index contributed by atoms with van der Waals surface area (Å²) in [5.41, 5.74) is 32.3. The number of benzene rings is 17. The minimum atomic E-state index is -0.248. The molecule has 0 spiro atoms. The van der Waals surface area contributed by atoms with E-state index in [0.29, 0.717) is 0 Å². The SMILES string of the molecule is CC(C)(C)c1ccc(-c2cc3c4c(c2)N(c2c(-c5ccccc5)cc(-c5ccccc5)cc2-c2ccccc2)c2cc(-c5ccc6ccc7cccc8ccc5c6c78)ccc2B4c2cc(-c4ccccc4)ccc2N3c2c(-c3ccccc3)cc(-c3ccccc3)cc2-c2ccccc2)cc1. The number of anilines is 6. The van der Waals surface area contributed by atoms with Crippen LogP contribution < -0.4 is 26.2 Å². The summed E-state index contributed by atoms with van der Waals surface area (Å²) in [4.78, 5) is 5.40. The molecule has 2 heterocycles. The van der Waals surface area contributed by atoms with Crippen molar-refractivity contribution in [2.75, 3.05) is 9.80 Å². The molecule has 0 N–H and O–H groups in total. The van der Waals surface area contributed by atoms with E-state index in [4.69, 9.17) is 0 Å². The molecule has 101 heavy (non-hydrogen) atoms. The van der Waals surface area contributed by atoms with E-state index in [0.717, 1.165) is 118 Å². The van der Waals surface area contributed by atoms with E-state index in [1.807, 2.05) is 0 Å². The minimum absolute atomic E-state index is 0.0547. The smallest absolute Gasteiger partial charge is 0.252 e. The standard InChI is InChI=1S/C98H69BN2/c1-98(2,3)80-50-44-67(45-51-80)79-62-91-95-92(63-79)101(97-85(70-36-21-9-22-37-70)58-78(66-30-15-6-16-31-66)59-86(97)71-38-23-10-24-39-71)90-61-76(81-52-46-74-43-42-72-40-25-41-73-47-53-82(81)94(74)93(72)73)48-54-87(90)99(95)88-60-75(64-26-11-4-12-27-64)49-55-89(88)100(91)96-83(68-32-17-7-18-33-68)56-77(65-28-13-5-14-29-65)57-84(96)69-34-19-8-20-35-69/h4-63H,1-3H3. The van der Waals surface area contributed by atoms with Crippen molar-refractivity contribution in [1.29, 1.82) is 0 Å². The molecule has 474 valence electrons. The van der Waals surface area contributed by atoms with Crippen molar-refractivity contribution in [3.05, 3.63) is 370 Å². The van der Waals surface area contributed by atoms with Crippen LogP contribution in [-0.2, 0) is 5.41 Å². The molecule has 2 nitrogen and oxygen atoms in total. The summed E-state index contributed by atoms with van der Waals surface area (Å²) in [6, 6.07) is 137. The second kappa shape index (κ2) is 24.2. The van der Waals surface area contributed by atoms with Gasteiger partial charge >= 0.3 is 0 Å². The second-order valence-corrected chi connectivity index (χ2v) is 28.3. The van der Waals surface area contributed by atoms with E-state index >= 15 is 0 Å². The van der Waals surface area contributed by atoms with Gasteiger partial charge in [-0.15, -0.1) is 0 Å². The normalized spacial score (nSPS) is 12.4. The first kappa shape index (κ1) is 59.7. The van der Waals surface area contributed by atoms with Gasteiger partial charge < -0.3 is 9.80 Å². The topological polar surface area (TPSA) is 6.48 Å². The molecule has 17 aromatic carbocycles. The lowest BCUT2D eigenvalue weighted by Gasteiger charge is -2.46. The average Bonchev–Trinajstić information content (AvgIpc) is 0.687. The third-order valence-corrected chi connectivity index (χ3v) is 21.3. The Morgan fingerprint density at radius 1 is 0.228 bits per heavy atom. The predicted octanol–water partition coefficient (Wildman–Crippen LogP) is 25.0.